The maximum absolute atomic E-state index is 12.9. The van der Waals surface area contributed by atoms with Crippen LogP contribution in [0.4, 0.5) is 4.79 Å². The van der Waals surface area contributed by atoms with E-state index in [2.05, 4.69) is 26.6 Å². The summed E-state index contributed by atoms with van der Waals surface area (Å²) in [5.74, 6) is -1.90. The van der Waals surface area contributed by atoms with Gasteiger partial charge in [0.1, 0.15) is 29.8 Å². The highest BCUT2D eigenvalue weighted by molar-refractivity contribution is 5.96. The predicted octanol–water partition coefficient (Wildman–Crippen LogP) is 0.527. The van der Waals surface area contributed by atoms with Crippen LogP contribution in [0.5, 0.6) is 0 Å². The highest BCUT2D eigenvalue weighted by Gasteiger charge is 2.33. The van der Waals surface area contributed by atoms with E-state index in [0.717, 1.165) is 5.56 Å². The van der Waals surface area contributed by atoms with Crippen molar-refractivity contribution in [3.63, 3.8) is 0 Å². The van der Waals surface area contributed by atoms with Crippen molar-refractivity contribution in [2.45, 2.75) is 83.6 Å². The molecule has 5 amide bonds. The van der Waals surface area contributed by atoms with Gasteiger partial charge in [-0.1, -0.05) is 43.7 Å². The number of hydrogen-bond donors (Lipinski definition) is 5. The van der Waals surface area contributed by atoms with E-state index in [1.807, 2.05) is 37.3 Å². The highest BCUT2D eigenvalue weighted by Crippen LogP contribution is 2.09. The molecular formula is C25H37N5O6. The average Bonchev–Trinajstić information content (AvgIpc) is 2.80. The fraction of sp³-hybridized carbons (Fsp3) is 0.560. The maximum Gasteiger partial charge on any atom is 0.408 e. The Bertz CT molecular complexity index is 946. The van der Waals surface area contributed by atoms with Crippen LogP contribution in [0.2, 0.25) is 0 Å². The lowest BCUT2D eigenvalue weighted by molar-refractivity contribution is -0.135. The summed E-state index contributed by atoms with van der Waals surface area (Å²) in [5, 5.41) is 13.0. The summed E-state index contributed by atoms with van der Waals surface area (Å²) in [6.07, 6.45) is 0.434. The number of carbonyl (C=O) groups is 5. The number of β-lactam (4-membered cyclic amide) rings is 1. The van der Waals surface area contributed by atoms with Crippen LogP contribution in [-0.4, -0.2) is 66.0 Å². The molecule has 0 radical (unpaired) electrons. The standard InChI is InChI=1S/C25H37N5O6/c1-6-10-17(30-24(35)36-25(3,4)5)22(33)27-15(2)20(31)28-18(13-16-11-8-7-9-12-16)23(34)29-19-14-26-21(19)32/h7-9,11-12,15,17-19H,6,10,13-14H2,1-5H3,(H,26,32)(H,27,33)(H,28,31)(H,29,34)(H,30,35)/t15-,17-,18-,19?/m0/s1. The summed E-state index contributed by atoms with van der Waals surface area (Å²) in [5.41, 5.74) is 0.0937. The van der Waals surface area contributed by atoms with E-state index in [4.69, 9.17) is 4.74 Å². The number of amides is 5. The number of carbonyl (C=O) groups excluding carboxylic acids is 5. The Hall–Kier alpha value is -3.63. The lowest BCUT2D eigenvalue weighted by Crippen LogP contribution is -2.64. The zero-order chi connectivity index (χ0) is 26.9. The lowest BCUT2D eigenvalue weighted by Gasteiger charge is -2.29. The first-order chi connectivity index (χ1) is 16.9. The SMILES string of the molecule is CCC[C@H](NC(=O)OC(C)(C)C)C(=O)N[C@@H](C)C(=O)N[C@@H](Cc1ccccc1)C(=O)NC1CNC1=O. The van der Waals surface area contributed by atoms with Crippen LogP contribution in [0.3, 0.4) is 0 Å². The van der Waals surface area contributed by atoms with Gasteiger partial charge in [-0.15, -0.1) is 0 Å². The van der Waals surface area contributed by atoms with Crippen LogP contribution in [-0.2, 0) is 30.3 Å². The summed E-state index contributed by atoms with van der Waals surface area (Å²) in [4.78, 5) is 62.3. The van der Waals surface area contributed by atoms with Crippen LogP contribution in [0.1, 0.15) is 53.0 Å². The van der Waals surface area contributed by atoms with Gasteiger partial charge in [0.25, 0.3) is 0 Å². The molecule has 1 saturated heterocycles. The summed E-state index contributed by atoms with van der Waals surface area (Å²) in [7, 11) is 0. The molecule has 0 spiro atoms. The predicted molar refractivity (Wildman–Crippen MR) is 133 cm³/mol. The van der Waals surface area contributed by atoms with Crippen LogP contribution in [0.15, 0.2) is 30.3 Å². The molecule has 1 unspecified atom stereocenters. The molecule has 36 heavy (non-hydrogen) atoms. The van der Waals surface area contributed by atoms with Crippen molar-refractivity contribution >= 4 is 29.7 Å². The molecule has 2 rings (SSSR count). The molecule has 5 N–H and O–H groups in total. The quantitative estimate of drug-likeness (QED) is 0.278. The smallest absolute Gasteiger partial charge is 0.408 e. The Balaban J connectivity index is 2.02. The molecule has 1 aliphatic rings. The first kappa shape index (κ1) is 28.6. The van der Waals surface area contributed by atoms with Crippen LogP contribution in [0, 0.1) is 0 Å². The van der Waals surface area contributed by atoms with E-state index in [9.17, 15) is 24.0 Å². The second kappa shape index (κ2) is 12.9. The second-order valence-corrected chi connectivity index (χ2v) is 9.77. The van der Waals surface area contributed by atoms with E-state index < -0.39 is 53.6 Å². The van der Waals surface area contributed by atoms with E-state index in [-0.39, 0.29) is 12.3 Å². The van der Waals surface area contributed by atoms with Gasteiger partial charge in [-0.3, -0.25) is 19.2 Å². The fourth-order valence-electron chi connectivity index (χ4n) is 3.42. The highest BCUT2D eigenvalue weighted by atomic mass is 16.6. The van der Waals surface area contributed by atoms with E-state index in [1.54, 1.807) is 20.8 Å². The number of ether oxygens (including phenoxy) is 1. The largest absolute Gasteiger partial charge is 0.444 e. The molecule has 1 aliphatic heterocycles. The Labute approximate surface area is 211 Å². The minimum atomic E-state index is -0.990. The van der Waals surface area contributed by atoms with Gasteiger partial charge in [0.15, 0.2) is 0 Å². The first-order valence-corrected chi connectivity index (χ1v) is 12.1. The molecule has 0 bridgehead atoms. The fourth-order valence-corrected chi connectivity index (χ4v) is 3.42. The van der Waals surface area contributed by atoms with Gasteiger partial charge in [-0.2, -0.15) is 0 Å². The molecule has 1 aromatic rings. The van der Waals surface area contributed by atoms with Crippen LogP contribution < -0.4 is 26.6 Å². The topological polar surface area (TPSA) is 155 Å². The van der Waals surface area contributed by atoms with Gasteiger partial charge in [-0.25, -0.2) is 4.79 Å². The second-order valence-electron chi connectivity index (χ2n) is 9.77. The number of nitrogens with one attached hydrogen (secondary N) is 5. The van der Waals surface area contributed by atoms with Crippen molar-refractivity contribution in [2.24, 2.45) is 0 Å². The van der Waals surface area contributed by atoms with Gasteiger partial charge in [0.2, 0.25) is 23.6 Å². The zero-order valence-electron chi connectivity index (χ0n) is 21.5. The third kappa shape index (κ3) is 9.20. The van der Waals surface area contributed by atoms with Crippen molar-refractivity contribution in [1.82, 2.24) is 26.6 Å². The lowest BCUT2D eigenvalue weighted by atomic mass is 10.0. The van der Waals surface area contributed by atoms with E-state index >= 15 is 0 Å². The van der Waals surface area contributed by atoms with Gasteiger partial charge in [-0.05, 0) is 39.7 Å². The molecule has 11 nitrogen and oxygen atoms in total. The molecule has 198 valence electrons. The Morgan fingerprint density at radius 2 is 1.67 bits per heavy atom. The van der Waals surface area contributed by atoms with Crippen molar-refractivity contribution < 1.29 is 28.7 Å². The molecule has 0 aromatic heterocycles. The van der Waals surface area contributed by atoms with Crippen molar-refractivity contribution in [1.29, 1.82) is 0 Å². The van der Waals surface area contributed by atoms with E-state index in [1.165, 1.54) is 6.92 Å². The van der Waals surface area contributed by atoms with Crippen molar-refractivity contribution in [3.05, 3.63) is 35.9 Å². The van der Waals surface area contributed by atoms with Crippen molar-refractivity contribution in [2.75, 3.05) is 6.54 Å². The monoisotopic (exact) mass is 503 g/mol. The molecule has 1 fully saturated rings. The van der Waals surface area contributed by atoms with E-state index in [0.29, 0.717) is 19.4 Å². The molecule has 0 aliphatic carbocycles. The van der Waals surface area contributed by atoms with Crippen molar-refractivity contribution in [3.8, 4) is 0 Å². The third-order valence-corrected chi connectivity index (χ3v) is 5.37. The van der Waals surface area contributed by atoms with Gasteiger partial charge < -0.3 is 31.3 Å². The summed E-state index contributed by atoms with van der Waals surface area (Å²) < 4.78 is 5.22. The number of hydrogen-bond acceptors (Lipinski definition) is 6. The summed E-state index contributed by atoms with van der Waals surface area (Å²) in [6, 6.07) is 5.65. The number of rotatable bonds is 11. The molecule has 11 heteroatoms. The Kier molecular flexibility index (Phi) is 10.2. The zero-order valence-corrected chi connectivity index (χ0v) is 21.5. The van der Waals surface area contributed by atoms with Crippen LogP contribution >= 0.6 is 0 Å². The number of alkyl carbamates (subject to hydrolysis) is 1. The number of benzene rings is 1. The molecule has 4 atom stereocenters. The molecule has 0 saturated carbocycles. The van der Waals surface area contributed by atoms with Gasteiger partial charge in [0, 0.05) is 13.0 Å². The third-order valence-electron chi connectivity index (χ3n) is 5.37. The molecular weight excluding hydrogens is 466 g/mol. The summed E-state index contributed by atoms with van der Waals surface area (Å²) >= 11 is 0. The minimum Gasteiger partial charge on any atom is -0.444 e. The first-order valence-electron chi connectivity index (χ1n) is 12.1. The van der Waals surface area contributed by atoms with Crippen LogP contribution in [0.25, 0.3) is 0 Å². The minimum absolute atomic E-state index is 0.200. The van der Waals surface area contributed by atoms with Gasteiger partial charge in [0.05, 0.1) is 0 Å². The average molecular weight is 504 g/mol. The Morgan fingerprint density at radius 1 is 1.00 bits per heavy atom. The maximum atomic E-state index is 12.9. The Morgan fingerprint density at radius 3 is 2.19 bits per heavy atom. The summed E-state index contributed by atoms with van der Waals surface area (Å²) in [6.45, 7) is 8.82. The normalized spacial score (nSPS) is 17.4. The molecule has 1 aromatic carbocycles. The molecule has 1 heterocycles. The van der Waals surface area contributed by atoms with Gasteiger partial charge >= 0.3 is 6.09 Å².